The predicted molar refractivity (Wildman–Crippen MR) is 101 cm³/mol. The van der Waals surface area contributed by atoms with Crippen LogP contribution in [0.1, 0.15) is 20.8 Å². The van der Waals surface area contributed by atoms with Gasteiger partial charge in [-0.25, -0.2) is 0 Å². The zero-order valence-electron chi connectivity index (χ0n) is 14.3. The minimum Gasteiger partial charge on any atom is -0.472 e. The van der Waals surface area contributed by atoms with Gasteiger partial charge < -0.3 is 4.74 Å². The van der Waals surface area contributed by atoms with Gasteiger partial charge in [-0.15, -0.1) is 17.9 Å². The molecule has 0 fully saturated rings. The van der Waals surface area contributed by atoms with Crippen molar-refractivity contribution in [1.29, 1.82) is 0 Å². The molecule has 0 atom stereocenters. The Kier molecular flexibility index (Phi) is 11.4. The van der Waals surface area contributed by atoms with Crippen molar-refractivity contribution in [2.75, 3.05) is 6.61 Å². The molecule has 2 rings (SSSR count). The topological polar surface area (TPSA) is 27.1 Å². The number of terminal acetylenes is 1. The molecule has 3 heteroatoms. The predicted octanol–water partition coefficient (Wildman–Crippen LogP) is 5.01. The van der Waals surface area contributed by atoms with E-state index in [1.54, 1.807) is 6.08 Å². The van der Waals surface area contributed by atoms with Crippen molar-refractivity contribution in [3.8, 4) is 18.7 Å². The van der Waals surface area contributed by atoms with Crippen LogP contribution in [0.25, 0.3) is 10.9 Å². The third-order valence-corrected chi connectivity index (χ3v) is 2.81. The second-order valence-electron chi connectivity index (χ2n) is 4.34. The van der Waals surface area contributed by atoms with Gasteiger partial charge in [-0.1, -0.05) is 49.1 Å². The number of hydrogen-bond donors (Lipinski definition) is 0. The second kappa shape index (κ2) is 13.0. The summed E-state index contributed by atoms with van der Waals surface area (Å²) in [6.07, 6.45) is 17.8. The lowest BCUT2D eigenvalue weighted by molar-refractivity contribution is 0.347. The van der Waals surface area contributed by atoms with Gasteiger partial charge in [-0.05, 0) is 32.9 Å². The maximum absolute atomic E-state index is 5.55. The highest BCUT2D eigenvalue weighted by Crippen LogP contribution is 2.24. The zero-order chi connectivity index (χ0) is 17.5. The van der Waals surface area contributed by atoms with E-state index in [4.69, 9.17) is 4.74 Å². The molecular formula is C20H26N2O. The van der Waals surface area contributed by atoms with E-state index in [-0.39, 0.29) is 0 Å². The summed E-state index contributed by atoms with van der Waals surface area (Å²) in [5, 5.41) is 5.50. The van der Waals surface area contributed by atoms with Crippen LogP contribution in [0.4, 0.5) is 0 Å². The van der Waals surface area contributed by atoms with Crippen LogP contribution in [-0.2, 0) is 6.54 Å². The highest BCUT2D eigenvalue weighted by atomic mass is 16.5. The molecule has 0 saturated heterocycles. The third kappa shape index (κ3) is 6.71. The summed E-state index contributed by atoms with van der Waals surface area (Å²) in [5.41, 5.74) is 1.09. The van der Waals surface area contributed by atoms with Crippen molar-refractivity contribution < 1.29 is 4.74 Å². The molecule has 0 aliphatic rings. The van der Waals surface area contributed by atoms with Crippen LogP contribution in [0.3, 0.4) is 0 Å². The van der Waals surface area contributed by atoms with Gasteiger partial charge in [0.15, 0.2) is 0 Å². The van der Waals surface area contributed by atoms with Crippen LogP contribution < -0.4 is 4.74 Å². The van der Waals surface area contributed by atoms with Crippen molar-refractivity contribution in [3.63, 3.8) is 0 Å². The standard InChI is InChI=1S/C14H16N2O.C4H8.C2H2/c1-3-5-10-16-13-9-7-6-8-12(13)14(15-16)17-11-4-2;1-3-4-2;1-2/h3-9H,2,10-11H2,1H3;3-4H,1-2H3;1-2H/b5-3+;4-3-;. The summed E-state index contributed by atoms with van der Waals surface area (Å²) < 4.78 is 7.49. The molecule has 0 bridgehead atoms. The number of para-hydroxylation sites is 1. The van der Waals surface area contributed by atoms with Crippen LogP contribution in [0.2, 0.25) is 0 Å². The molecule has 0 spiro atoms. The van der Waals surface area contributed by atoms with Crippen molar-refractivity contribution in [2.24, 2.45) is 0 Å². The smallest absolute Gasteiger partial charge is 0.241 e. The van der Waals surface area contributed by atoms with Crippen LogP contribution in [0.5, 0.6) is 5.88 Å². The Morgan fingerprint density at radius 2 is 1.78 bits per heavy atom. The van der Waals surface area contributed by atoms with Crippen LogP contribution in [-0.4, -0.2) is 16.4 Å². The fourth-order valence-corrected chi connectivity index (χ4v) is 1.69. The Morgan fingerprint density at radius 3 is 2.35 bits per heavy atom. The molecule has 2 aromatic rings. The van der Waals surface area contributed by atoms with E-state index in [9.17, 15) is 0 Å². The van der Waals surface area contributed by atoms with Gasteiger partial charge in [0, 0.05) is 0 Å². The van der Waals surface area contributed by atoms with Crippen LogP contribution in [0, 0.1) is 12.8 Å². The average molecular weight is 310 g/mol. The first kappa shape index (κ1) is 20.3. The molecular weight excluding hydrogens is 284 g/mol. The van der Waals surface area contributed by atoms with Gasteiger partial charge in [-0.2, -0.15) is 0 Å². The minimum absolute atomic E-state index is 0.477. The summed E-state index contributed by atoms with van der Waals surface area (Å²) in [6, 6.07) is 8.07. The average Bonchev–Trinajstić information content (AvgIpc) is 2.98. The lowest BCUT2D eigenvalue weighted by Crippen LogP contribution is -1.99. The van der Waals surface area contributed by atoms with E-state index < -0.39 is 0 Å². The molecule has 122 valence electrons. The van der Waals surface area contributed by atoms with E-state index in [2.05, 4.69) is 30.6 Å². The van der Waals surface area contributed by atoms with Crippen molar-refractivity contribution in [1.82, 2.24) is 9.78 Å². The summed E-state index contributed by atoms with van der Waals surface area (Å²) in [4.78, 5) is 0. The molecule has 0 saturated carbocycles. The number of benzene rings is 1. The number of aromatic nitrogens is 2. The van der Waals surface area contributed by atoms with E-state index in [1.165, 1.54) is 0 Å². The molecule has 1 aromatic carbocycles. The second-order valence-corrected chi connectivity index (χ2v) is 4.34. The maximum Gasteiger partial charge on any atom is 0.241 e. The van der Waals surface area contributed by atoms with E-state index in [0.717, 1.165) is 17.4 Å². The van der Waals surface area contributed by atoms with Gasteiger partial charge in [0.05, 0.1) is 17.4 Å². The Labute approximate surface area is 140 Å². The number of nitrogens with zero attached hydrogens (tertiary/aromatic N) is 2. The fraction of sp³-hybridized carbons (Fsp3) is 0.250. The first-order chi connectivity index (χ1) is 11.3. The first-order valence-electron chi connectivity index (χ1n) is 7.49. The van der Waals surface area contributed by atoms with Crippen LogP contribution >= 0.6 is 0 Å². The number of allylic oxidation sites excluding steroid dienone is 4. The molecule has 1 heterocycles. The van der Waals surface area contributed by atoms with Crippen LogP contribution in [0.15, 0.2) is 61.2 Å². The molecule has 0 aliphatic heterocycles. The van der Waals surface area contributed by atoms with Crippen molar-refractivity contribution in [3.05, 3.63) is 61.2 Å². The van der Waals surface area contributed by atoms with Gasteiger partial charge >= 0.3 is 0 Å². The first-order valence-corrected chi connectivity index (χ1v) is 7.49. The molecule has 23 heavy (non-hydrogen) atoms. The number of hydrogen-bond acceptors (Lipinski definition) is 2. The van der Waals surface area contributed by atoms with E-state index in [1.807, 2.05) is 67.9 Å². The zero-order valence-corrected chi connectivity index (χ0v) is 14.3. The maximum atomic E-state index is 5.55. The monoisotopic (exact) mass is 310 g/mol. The number of rotatable bonds is 5. The normalized spacial score (nSPS) is 9.96. The molecule has 0 unspecified atom stereocenters. The molecule has 1 aromatic heterocycles. The molecule has 0 radical (unpaired) electrons. The van der Waals surface area contributed by atoms with Crippen molar-refractivity contribution in [2.45, 2.75) is 27.3 Å². The summed E-state index contributed by atoms with van der Waals surface area (Å²) in [6.45, 7) is 10.9. The van der Waals surface area contributed by atoms with Gasteiger partial charge in [0.2, 0.25) is 5.88 Å². The number of ether oxygens (including phenoxy) is 1. The Bertz CT molecular complexity index is 644. The van der Waals surface area contributed by atoms with Gasteiger partial charge in [0.25, 0.3) is 0 Å². The SMILES string of the molecule is C#C.C/C=C\C.C=CCOc1nn(C/C=C/C)c2ccccc12. The largest absolute Gasteiger partial charge is 0.472 e. The highest BCUT2D eigenvalue weighted by Gasteiger charge is 2.09. The fourth-order valence-electron chi connectivity index (χ4n) is 1.69. The Morgan fingerprint density at radius 1 is 1.13 bits per heavy atom. The molecule has 0 N–H and O–H groups in total. The summed E-state index contributed by atoms with van der Waals surface area (Å²) >= 11 is 0. The lowest BCUT2D eigenvalue weighted by Gasteiger charge is -1.97. The minimum atomic E-state index is 0.477. The van der Waals surface area contributed by atoms with E-state index in [0.29, 0.717) is 12.5 Å². The quantitative estimate of drug-likeness (QED) is 0.573. The molecule has 3 nitrogen and oxygen atoms in total. The molecule has 0 amide bonds. The summed E-state index contributed by atoms with van der Waals surface area (Å²) in [5.74, 6) is 0.671. The van der Waals surface area contributed by atoms with Crippen molar-refractivity contribution >= 4 is 10.9 Å². The summed E-state index contributed by atoms with van der Waals surface area (Å²) in [7, 11) is 0. The number of fused-ring (bicyclic) bond motifs is 1. The van der Waals surface area contributed by atoms with E-state index >= 15 is 0 Å². The molecule has 0 aliphatic carbocycles. The van der Waals surface area contributed by atoms with Gasteiger partial charge in [0.1, 0.15) is 6.61 Å². The van der Waals surface area contributed by atoms with Gasteiger partial charge in [-0.3, -0.25) is 4.68 Å². The third-order valence-electron chi connectivity index (χ3n) is 2.81. The highest BCUT2D eigenvalue weighted by molar-refractivity contribution is 5.84. The Balaban J connectivity index is 0.000000705. The lowest BCUT2D eigenvalue weighted by atomic mass is 10.2. The Hall–Kier alpha value is -2.73.